The lowest BCUT2D eigenvalue weighted by Gasteiger charge is -2.28. The first kappa shape index (κ1) is 21.1. The van der Waals surface area contributed by atoms with Crippen molar-refractivity contribution in [3.05, 3.63) is 39.9 Å². The first-order valence-electron chi connectivity index (χ1n) is 9.93. The zero-order valence-electron chi connectivity index (χ0n) is 16.3. The summed E-state index contributed by atoms with van der Waals surface area (Å²) in [4.78, 5) is 36.1. The first-order valence-corrected chi connectivity index (χ1v) is 9.93. The molecular formula is C21H30N2O4. The number of aryl methyl sites for hydroxylation is 1. The van der Waals surface area contributed by atoms with Gasteiger partial charge in [0.05, 0.1) is 11.0 Å². The Labute approximate surface area is 161 Å². The van der Waals surface area contributed by atoms with E-state index in [0.717, 1.165) is 56.8 Å². The van der Waals surface area contributed by atoms with Crippen LogP contribution in [-0.4, -0.2) is 34.6 Å². The maximum Gasteiger partial charge on any atom is 0.269 e. The minimum absolute atomic E-state index is 0.0232. The minimum atomic E-state index is -0.387. The van der Waals surface area contributed by atoms with Gasteiger partial charge < -0.3 is 9.69 Å². The number of amides is 1. The molecule has 148 valence electrons. The number of unbranched alkanes of at least 4 members (excludes halogenated alkanes) is 2. The van der Waals surface area contributed by atoms with Crippen LogP contribution in [0.3, 0.4) is 0 Å². The molecule has 0 bridgehead atoms. The van der Waals surface area contributed by atoms with Crippen LogP contribution in [-0.2, 0) is 16.0 Å². The molecule has 6 nitrogen and oxygen atoms in total. The van der Waals surface area contributed by atoms with Crippen molar-refractivity contribution in [1.29, 1.82) is 0 Å². The maximum absolute atomic E-state index is 12.8. The number of hydrogen-bond donors (Lipinski definition) is 0. The van der Waals surface area contributed by atoms with Crippen molar-refractivity contribution in [2.75, 3.05) is 6.54 Å². The molecule has 1 aliphatic heterocycles. The van der Waals surface area contributed by atoms with Crippen molar-refractivity contribution in [2.45, 2.75) is 64.8 Å². The van der Waals surface area contributed by atoms with Crippen molar-refractivity contribution < 1.29 is 14.5 Å². The monoisotopic (exact) mass is 374 g/mol. The molecule has 1 aromatic carbocycles. The van der Waals surface area contributed by atoms with Crippen LogP contribution in [0.15, 0.2) is 24.3 Å². The zero-order chi connectivity index (χ0) is 19.8. The van der Waals surface area contributed by atoms with Gasteiger partial charge in [-0.3, -0.25) is 14.9 Å². The van der Waals surface area contributed by atoms with Crippen LogP contribution in [0.1, 0.15) is 57.9 Å². The molecule has 27 heavy (non-hydrogen) atoms. The smallest absolute Gasteiger partial charge is 0.269 e. The average molecular weight is 374 g/mol. The summed E-state index contributed by atoms with van der Waals surface area (Å²) in [5.41, 5.74) is 1.22. The van der Waals surface area contributed by atoms with Gasteiger partial charge in [0, 0.05) is 24.6 Å². The Kier molecular flexibility index (Phi) is 7.95. The third-order valence-electron chi connectivity index (χ3n) is 5.49. The van der Waals surface area contributed by atoms with E-state index in [9.17, 15) is 19.7 Å². The van der Waals surface area contributed by atoms with Crippen LogP contribution in [0.5, 0.6) is 0 Å². The maximum atomic E-state index is 12.8. The molecule has 0 aromatic heterocycles. The van der Waals surface area contributed by atoms with Gasteiger partial charge in [-0.2, -0.15) is 0 Å². The third kappa shape index (κ3) is 5.88. The van der Waals surface area contributed by atoms with Crippen molar-refractivity contribution in [3.63, 3.8) is 0 Å². The van der Waals surface area contributed by atoms with E-state index in [1.54, 1.807) is 17.0 Å². The number of carbonyl (C=O) groups excluding carboxylic acids is 2. The molecule has 0 radical (unpaired) electrons. The van der Waals surface area contributed by atoms with Crippen molar-refractivity contribution in [2.24, 2.45) is 11.8 Å². The summed E-state index contributed by atoms with van der Waals surface area (Å²) in [5, 5.41) is 10.7. The Morgan fingerprint density at radius 3 is 2.56 bits per heavy atom. The number of nitrogens with zero attached hydrogens (tertiary/aromatic N) is 2. The summed E-state index contributed by atoms with van der Waals surface area (Å²) in [6.07, 6.45) is 7.33. The van der Waals surface area contributed by atoms with Gasteiger partial charge in [0.15, 0.2) is 0 Å². The summed E-state index contributed by atoms with van der Waals surface area (Å²) in [5.74, 6) is 0.375. The van der Waals surface area contributed by atoms with Gasteiger partial charge >= 0.3 is 0 Å². The molecular weight excluding hydrogens is 344 g/mol. The molecule has 1 saturated heterocycles. The van der Waals surface area contributed by atoms with E-state index >= 15 is 0 Å². The second kappa shape index (κ2) is 10.2. The fourth-order valence-corrected chi connectivity index (χ4v) is 3.82. The summed E-state index contributed by atoms with van der Waals surface area (Å²) < 4.78 is 0. The van der Waals surface area contributed by atoms with Gasteiger partial charge in [0.2, 0.25) is 5.91 Å². The molecule has 1 aromatic rings. The van der Waals surface area contributed by atoms with Crippen LogP contribution < -0.4 is 0 Å². The highest BCUT2D eigenvalue weighted by molar-refractivity contribution is 5.82. The van der Waals surface area contributed by atoms with E-state index < -0.39 is 0 Å². The number of carbonyl (C=O) groups is 2. The van der Waals surface area contributed by atoms with Crippen LogP contribution in [0.2, 0.25) is 0 Å². The predicted molar refractivity (Wildman–Crippen MR) is 104 cm³/mol. The molecule has 0 spiro atoms. The van der Waals surface area contributed by atoms with E-state index in [2.05, 4.69) is 13.8 Å². The highest BCUT2D eigenvalue weighted by atomic mass is 16.6. The molecule has 1 amide bonds. The Hall–Kier alpha value is -2.24. The second-order valence-corrected chi connectivity index (χ2v) is 7.75. The molecule has 1 aliphatic rings. The normalized spacial score (nSPS) is 17.9. The van der Waals surface area contributed by atoms with Crippen LogP contribution in [0, 0.1) is 22.0 Å². The van der Waals surface area contributed by atoms with E-state index in [4.69, 9.17) is 0 Å². The number of hydrogen-bond acceptors (Lipinski definition) is 4. The second-order valence-electron chi connectivity index (χ2n) is 7.75. The molecule has 0 N–H and O–H groups in total. The Bertz CT molecular complexity index is 642. The number of aldehydes is 1. The number of likely N-dealkylation sites (tertiary alicyclic amines) is 1. The predicted octanol–water partition coefficient (Wildman–Crippen LogP) is 4.16. The van der Waals surface area contributed by atoms with Gasteiger partial charge in [-0.25, -0.2) is 0 Å². The Morgan fingerprint density at radius 1 is 1.26 bits per heavy atom. The topological polar surface area (TPSA) is 80.5 Å². The van der Waals surface area contributed by atoms with Crippen LogP contribution >= 0.6 is 0 Å². The van der Waals surface area contributed by atoms with Crippen LogP contribution in [0.4, 0.5) is 5.69 Å². The lowest BCUT2D eigenvalue weighted by molar-refractivity contribution is -0.384. The van der Waals surface area contributed by atoms with Gasteiger partial charge in [-0.05, 0) is 43.6 Å². The molecule has 2 atom stereocenters. The van der Waals surface area contributed by atoms with Gasteiger partial charge in [0.25, 0.3) is 5.69 Å². The molecule has 1 fully saturated rings. The van der Waals surface area contributed by atoms with E-state index in [0.29, 0.717) is 6.54 Å². The SMILES string of the molecule is CC(C)C(CCCCCc1ccc([N+](=O)[O-])cc1)C(=O)N1CCC[C@H]1C=O. The lowest BCUT2D eigenvalue weighted by Crippen LogP contribution is -2.41. The average Bonchev–Trinajstić information content (AvgIpc) is 3.13. The van der Waals surface area contributed by atoms with Crippen molar-refractivity contribution >= 4 is 17.9 Å². The Morgan fingerprint density at radius 2 is 1.96 bits per heavy atom. The number of rotatable bonds is 10. The quantitative estimate of drug-likeness (QED) is 0.266. The fourth-order valence-electron chi connectivity index (χ4n) is 3.82. The molecule has 1 unspecified atom stereocenters. The third-order valence-corrected chi connectivity index (χ3v) is 5.49. The summed E-state index contributed by atoms with van der Waals surface area (Å²) >= 11 is 0. The minimum Gasteiger partial charge on any atom is -0.333 e. The van der Waals surface area contributed by atoms with Crippen LogP contribution in [0.25, 0.3) is 0 Å². The highest BCUT2D eigenvalue weighted by Crippen LogP contribution is 2.26. The Balaban J connectivity index is 1.76. The summed E-state index contributed by atoms with van der Waals surface area (Å²) in [7, 11) is 0. The largest absolute Gasteiger partial charge is 0.333 e. The number of nitro groups is 1. The zero-order valence-corrected chi connectivity index (χ0v) is 16.3. The molecule has 0 saturated carbocycles. The van der Waals surface area contributed by atoms with E-state index in [1.807, 2.05) is 12.1 Å². The lowest BCUT2D eigenvalue weighted by atomic mass is 9.88. The number of nitro benzene ring substituents is 1. The molecule has 2 rings (SSSR count). The highest BCUT2D eigenvalue weighted by Gasteiger charge is 2.33. The standard InChI is InChI=1S/C21H30N2O4/c1-16(2)20(21(25)22-14-6-8-19(22)15-24)9-5-3-4-7-17-10-12-18(13-11-17)23(26)27/h10-13,15-16,19-20H,3-9,14H2,1-2H3/t19-,20?/m0/s1. The van der Waals surface area contributed by atoms with Crippen molar-refractivity contribution in [1.82, 2.24) is 4.90 Å². The first-order chi connectivity index (χ1) is 12.9. The molecule has 0 aliphatic carbocycles. The molecule has 6 heteroatoms. The summed E-state index contributed by atoms with van der Waals surface area (Å²) in [6.45, 7) is 4.85. The van der Waals surface area contributed by atoms with Gasteiger partial charge in [0.1, 0.15) is 6.29 Å². The number of benzene rings is 1. The molecule has 1 heterocycles. The van der Waals surface area contributed by atoms with Crippen molar-refractivity contribution in [3.8, 4) is 0 Å². The van der Waals surface area contributed by atoms with E-state index in [1.165, 1.54) is 0 Å². The van der Waals surface area contributed by atoms with Gasteiger partial charge in [-0.15, -0.1) is 0 Å². The fraction of sp³-hybridized carbons (Fsp3) is 0.619. The summed E-state index contributed by atoms with van der Waals surface area (Å²) in [6, 6.07) is 6.47. The van der Waals surface area contributed by atoms with Gasteiger partial charge in [-0.1, -0.05) is 38.8 Å². The van der Waals surface area contributed by atoms with E-state index in [-0.39, 0.29) is 34.4 Å². The number of non-ortho nitro benzene ring substituents is 1.